The van der Waals surface area contributed by atoms with E-state index in [9.17, 15) is 13.2 Å². The summed E-state index contributed by atoms with van der Waals surface area (Å²) in [5, 5.41) is 14.9. The zero-order chi connectivity index (χ0) is 17.7. The van der Waals surface area contributed by atoms with Crippen molar-refractivity contribution in [3.05, 3.63) is 18.0 Å². The van der Waals surface area contributed by atoms with Gasteiger partial charge in [0.15, 0.2) is 0 Å². The SMILES string of the molecule is Cn1cc(C2CCCN2C2CCNCC2)cn1.O=C(O)C(F)(F)F. The number of nitrogens with one attached hydrogen (secondary N) is 1. The molecule has 2 aliphatic heterocycles. The van der Waals surface area contributed by atoms with Crippen LogP contribution in [0, 0.1) is 0 Å². The third kappa shape index (κ3) is 4.94. The lowest BCUT2D eigenvalue weighted by Crippen LogP contribution is -2.42. The van der Waals surface area contributed by atoms with Gasteiger partial charge in [-0.15, -0.1) is 0 Å². The fourth-order valence-electron chi connectivity index (χ4n) is 3.33. The van der Waals surface area contributed by atoms with Crippen LogP contribution in [-0.4, -0.2) is 57.6 Å². The molecule has 2 fully saturated rings. The Labute approximate surface area is 138 Å². The van der Waals surface area contributed by atoms with Crippen LogP contribution in [0.2, 0.25) is 0 Å². The molecule has 6 nitrogen and oxygen atoms in total. The number of alkyl halides is 3. The highest BCUT2D eigenvalue weighted by Crippen LogP contribution is 2.35. The fourth-order valence-corrected chi connectivity index (χ4v) is 3.33. The van der Waals surface area contributed by atoms with Gasteiger partial charge in [0.05, 0.1) is 6.20 Å². The highest BCUT2D eigenvalue weighted by molar-refractivity contribution is 5.73. The number of rotatable bonds is 2. The van der Waals surface area contributed by atoms with Gasteiger partial charge in [0.2, 0.25) is 0 Å². The van der Waals surface area contributed by atoms with Crippen molar-refractivity contribution in [3.63, 3.8) is 0 Å². The first-order valence-corrected chi connectivity index (χ1v) is 8.04. The molecule has 3 heterocycles. The Kier molecular flexibility index (Phi) is 6.22. The van der Waals surface area contributed by atoms with Crippen molar-refractivity contribution in [3.8, 4) is 0 Å². The second kappa shape index (κ2) is 7.98. The average Bonchev–Trinajstić information content (AvgIpc) is 3.16. The van der Waals surface area contributed by atoms with Crippen LogP contribution in [0.5, 0.6) is 0 Å². The predicted molar refractivity (Wildman–Crippen MR) is 81.5 cm³/mol. The molecule has 1 aromatic rings. The zero-order valence-electron chi connectivity index (χ0n) is 13.6. The van der Waals surface area contributed by atoms with Crippen LogP contribution < -0.4 is 5.32 Å². The number of halogens is 3. The van der Waals surface area contributed by atoms with Crippen molar-refractivity contribution in [1.82, 2.24) is 20.0 Å². The highest BCUT2D eigenvalue weighted by atomic mass is 19.4. The van der Waals surface area contributed by atoms with Gasteiger partial charge in [-0.05, 0) is 45.3 Å². The Hall–Kier alpha value is -1.61. The van der Waals surface area contributed by atoms with Gasteiger partial charge in [-0.2, -0.15) is 18.3 Å². The standard InChI is InChI=1S/C13H22N4.C2HF3O2/c1-16-10-11(9-15-16)13-3-2-8-17(13)12-4-6-14-7-5-12;3-2(4,5)1(6)7/h9-10,12-14H,2-8H2,1H3;(H,6,7). The molecule has 2 saturated heterocycles. The van der Waals surface area contributed by atoms with Crippen molar-refractivity contribution in [2.75, 3.05) is 19.6 Å². The quantitative estimate of drug-likeness (QED) is 0.855. The molecule has 2 aliphatic rings. The van der Waals surface area contributed by atoms with E-state index >= 15 is 0 Å². The number of hydrogen-bond donors (Lipinski definition) is 2. The second-order valence-corrected chi connectivity index (χ2v) is 6.13. The molecular weight excluding hydrogens is 325 g/mol. The molecule has 3 rings (SSSR count). The van der Waals surface area contributed by atoms with E-state index in [1.807, 2.05) is 17.9 Å². The minimum atomic E-state index is -5.08. The fraction of sp³-hybridized carbons (Fsp3) is 0.733. The van der Waals surface area contributed by atoms with Gasteiger partial charge in [0.1, 0.15) is 0 Å². The van der Waals surface area contributed by atoms with E-state index in [0.29, 0.717) is 6.04 Å². The van der Waals surface area contributed by atoms with Crippen LogP contribution >= 0.6 is 0 Å². The van der Waals surface area contributed by atoms with Gasteiger partial charge >= 0.3 is 12.1 Å². The number of carboxylic acids is 1. The maximum absolute atomic E-state index is 10.6. The third-order valence-electron chi connectivity index (χ3n) is 4.42. The summed E-state index contributed by atoms with van der Waals surface area (Å²) < 4.78 is 33.7. The lowest BCUT2D eigenvalue weighted by atomic mass is 10.0. The van der Waals surface area contributed by atoms with E-state index in [-0.39, 0.29) is 0 Å². The first-order chi connectivity index (χ1) is 11.3. The summed E-state index contributed by atoms with van der Waals surface area (Å²) in [7, 11) is 2.01. The zero-order valence-corrected chi connectivity index (χ0v) is 13.6. The van der Waals surface area contributed by atoms with Crippen molar-refractivity contribution < 1.29 is 23.1 Å². The van der Waals surface area contributed by atoms with Gasteiger partial charge in [-0.3, -0.25) is 9.58 Å². The van der Waals surface area contributed by atoms with Crippen LogP contribution in [0.1, 0.15) is 37.3 Å². The summed E-state index contributed by atoms with van der Waals surface area (Å²) in [4.78, 5) is 11.6. The largest absolute Gasteiger partial charge is 0.490 e. The van der Waals surface area contributed by atoms with Gasteiger partial charge in [-0.1, -0.05) is 0 Å². The molecule has 0 saturated carbocycles. The van der Waals surface area contributed by atoms with Crippen molar-refractivity contribution in [2.45, 2.75) is 43.9 Å². The Balaban J connectivity index is 0.000000256. The Morgan fingerprint density at radius 3 is 2.46 bits per heavy atom. The van der Waals surface area contributed by atoms with E-state index in [4.69, 9.17) is 9.90 Å². The van der Waals surface area contributed by atoms with Crippen LogP contribution in [0.15, 0.2) is 12.4 Å². The maximum atomic E-state index is 10.6. The molecule has 24 heavy (non-hydrogen) atoms. The Bertz CT molecular complexity index is 541. The van der Waals surface area contributed by atoms with Crippen molar-refractivity contribution in [1.29, 1.82) is 0 Å². The second-order valence-electron chi connectivity index (χ2n) is 6.13. The lowest BCUT2D eigenvalue weighted by Gasteiger charge is -2.35. The first kappa shape index (κ1) is 18.7. The van der Waals surface area contributed by atoms with E-state index in [1.54, 1.807) is 0 Å². The van der Waals surface area contributed by atoms with Crippen molar-refractivity contribution in [2.24, 2.45) is 7.05 Å². The third-order valence-corrected chi connectivity index (χ3v) is 4.42. The molecule has 0 bridgehead atoms. The summed E-state index contributed by atoms with van der Waals surface area (Å²) >= 11 is 0. The number of piperidine rings is 1. The summed E-state index contributed by atoms with van der Waals surface area (Å²) in [6.07, 6.45) is 4.39. The van der Waals surface area contributed by atoms with Gasteiger partial charge in [0, 0.05) is 30.9 Å². The molecule has 0 aromatic carbocycles. The van der Waals surface area contributed by atoms with E-state index in [1.165, 1.54) is 50.9 Å². The Morgan fingerprint density at radius 1 is 1.33 bits per heavy atom. The minimum absolute atomic E-state index is 0.617. The molecule has 0 amide bonds. The molecule has 1 aromatic heterocycles. The smallest absolute Gasteiger partial charge is 0.475 e. The van der Waals surface area contributed by atoms with Crippen molar-refractivity contribution >= 4 is 5.97 Å². The minimum Gasteiger partial charge on any atom is -0.475 e. The molecule has 1 unspecified atom stereocenters. The summed E-state index contributed by atoms with van der Waals surface area (Å²) in [5.74, 6) is -2.76. The van der Waals surface area contributed by atoms with Gasteiger partial charge in [-0.25, -0.2) is 4.79 Å². The van der Waals surface area contributed by atoms with Gasteiger partial charge in [0.25, 0.3) is 0 Å². The number of aryl methyl sites for hydroxylation is 1. The van der Waals surface area contributed by atoms with Gasteiger partial charge < -0.3 is 10.4 Å². The highest BCUT2D eigenvalue weighted by Gasteiger charge is 2.38. The number of likely N-dealkylation sites (tertiary alicyclic amines) is 1. The molecule has 2 N–H and O–H groups in total. The average molecular weight is 348 g/mol. The number of carbonyl (C=O) groups is 1. The molecule has 0 aliphatic carbocycles. The van der Waals surface area contributed by atoms with Crippen LogP contribution in [-0.2, 0) is 11.8 Å². The Morgan fingerprint density at radius 2 is 1.96 bits per heavy atom. The topological polar surface area (TPSA) is 70.4 Å². The maximum Gasteiger partial charge on any atom is 0.490 e. The normalized spacial score (nSPS) is 22.9. The molecule has 0 radical (unpaired) electrons. The number of hydrogen-bond acceptors (Lipinski definition) is 4. The monoisotopic (exact) mass is 348 g/mol. The summed E-state index contributed by atoms with van der Waals surface area (Å²) in [5.41, 5.74) is 1.41. The number of nitrogens with zero attached hydrogens (tertiary/aromatic N) is 3. The molecule has 0 spiro atoms. The molecule has 136 valence electrons. The molecule has 1 atom stereocenters. The predicted octanol–water partition coefficient (Wildman–Crippen LogP) is 1.94. The van der Waals surface area contributed by atoms with Crippen LogP contribution in [0.4, 0.5) is 13.2 Å². The lowest BCUT2D eigenvalue weighted by molar-refractivity contribution is -0.192. The van der Waals surface area contributed by atoms with Crippen LogP contribution in [0.3, 0.4) is 0 Å². The summed E-state index contributed by atoms with van der Waals surface area (Å²) in [6.45, 7) is 3.63. The number of aromatic nitrogens is 2. The van der Waals surface area contributed by atoms with E-state index < -0.39 is 12.1 Å². The number of aliphatic carboxylic acids is 1. The van der Waals surface area contributed by atoms with E-state index in [0.717, 1.165) is 6.04 Å². The van der Waals surface area contributed by atoms with E-state index in [2.05, 4.69) is 21.5 Å². The molecule has 9 heteroatoms. The molecular formula is C15H23F3N4O2. The van der Waals surface area contributed by atoms with Crippen LogP contribution in [0.25, 0.3) is 0 Å². The summed E-state index contributed by atoms with van der Waals surface area (Å²) in [6, 6.07) is 1.40. The number of carboxylic acid groups (broad SMARTS) is 1. The first-order valence-electron chi connectivity index (χ1n) is 8.04.